The van der Waals surface area contributed by atoms with E-state index in [1.807, 2.05) is 0 Å². The summed E-state index contributed by atoms with van der Waals surface area (Å²) in [6, 6.07) is 2.27. The lowest BCUT2D eigenvalue weighted by Gasteiger charge is -2.37. The molecule has 1 aromatic heterocycles. The van der Waals surface area contributed by atoms with Gasteiger partial charge in [0.15, 0.2) is 8.32 Å². The number of rotatable bonds is 4. The molecule has 2 unspecified atom stereocenters. The highest BCUT2D eigenvalue weighted by Crippen LogP contribution is 2.38. The molecule has 2 rings (SSSR count). The Hall–Kier alpha value is -0.163. The summed E-state index contributed by atoms with van der Waals surface area (Å²) in [6.07, 6.45) is 0. The molecular formula is C15H27NOSSi. The van der Waals surface area contributed by atoms with Gasteiger partial charge in [-0.25, -0.2) is 0 Å². The largest absolute Gasteiger partial charge is 0.416 e. The van der Waals surface area contributed by atoms with Crippen LogP contribution in [0.25, 0.3) is 0 Å². The van der Waals surface area contributed by atoms with Crippen molar-refractivity contribution in [3.05, 3.63) is 22.4 Å². The maximum absolute atomic E-state index is 6.41. The average molecular weight is 298 g/mol. The molecule has 2 atom stereocenters. The van der Waals surface area contributed by atoms with E-state index in [9.17, 15) is 0 Å². The Balaban J connectivity index is 1.96. The first-order chi connectivity index (χ1) is 8.81. The first-order valence-corrected chi connectivity index (χ1v) is 11.0. The first kappa shape index (κ1) is 15.2. The van der Waals surface area contributed by atoms with Crippen LogP contribution in [-0.2, 0) is 4.43 Å². The van der Waals surface area contributed by atoms with Gasteiger partial charge in [0.05, 0.1) is 0 Å². The van der Waals surface area contributed by atoms with Crippen LogP contribution in [0.3, 0.4) is 0 Å². The predicted octanol–water partition coefficient (Wildman–Crippen LogP) is 4.07. The highest BCUT2D eigenvalue weighted by Gasteiger charge is 2.39. The van der Waals surface area contributed by atoms with Crippen molar-refractivity contribution in [1.29, 1.82) is 0 Å². The van der Waals surface area contributed by atoms with Crippen molar-refractivity contribution in [2.75, 3.05) is 19.7 Å². The monoisotopic (exact) mass is 297 g/mol. The standard InChI is InChI=1S/C15H27NOSSi/c1-15(2,3)19(4,5)17-10-13-8-16-9-14(13)12-6-7-18-11-12/h6-7,11,13-14,16H,8-10H2,1-5H3. The molecule has 1 fully saturated rings. The molecule has 1 aliphatic rings. The number of hydrogen-bond acceptors (Lipinski definition) is 3. The molecule has 19 heavy (non-hydrogen) atoms. The van der Waals surface area contributed by atoms with Gasteiger partial charge in [0, 0.05) is 31.5 Å². The molecule has 108 valence electrons. The quantitative estimate of drug-likeness (QED) is 0.846. The van der Waals surface area contributed by atoms with Gasteiger partial charge in [0.2, 0.25) is 0 Å². The third-order valence-electron chi connectivity index (χ3n) is 4.78. The third-order valence-corrected chi connectivity index (χ3v) is 9.98. The van der Waals surface area contributed by atoms with E-state index in [0.29, 0.717) is 16.9 Å². The van der Waals surface area contributed by atoms with Crippen LogP contribution >= 0.6 is 11.3 Å². The minimum atomic E-state index is -1.61. The molecule has 2 nitrogen and oxygen atoms in total. The minimum Gasteiger partial charge on any atom is -0.416 e. The molecule has 0 saturated carbocycles. The highest BCUT2D eigenvalue weighted by molar-refractivity contribution is 7.08. The fraction of sp³-hybridized carbons (Fsp3) is 0.733. The van der Waals surface area contributed by atoms with Gasteiger partial charge in [-0.3, -0.25) is 0 Å². The van der Waals surface area contributed by atoms with Gasteiger partial charge in [-0.05, 0) is 40.5 Å². The molecule has 0 radical (unpaired) electrons. The van der Waals surface area contributed by atoms with Crippen LogP contribution in [0.1, 0.15) is 32.3 Å². The lowest BCUT2D eigenvalue weighted by molar-refractivity contribution is 0.227. The van der Waals surface area contributed by atoms with Crippen molar-refractivity contribution in [2.45, 2.75) is 44.8 Å². The molecular weight excluding hydrogens is 270 g/mol. The van der Waals surface area contributed by atoms with Gasteiger partial charge in [0.1, 0.15) is 0 Å². The van der Waals surface area contributed by atoms with Crippen LogP contribution in [0.15, 0.2) is 16.8 Å². The molecule has 0 aromatic carbocycles. The van der Waals surface area contributed by atoms with Crippen molar-refractivity contribution >= 4 is 19.7 Å². The van der Waals surface area contributed by atoms with Crippen LogP contribution in [0.4, 0.5) is 0 Å². The third kappa shape index (κ3) is 3.48. The minimum absolute atomic E-state index is 0.302. The normalized spacial score (nSPS) is 24.9. The van der Waals surface area contributed by atoms with Gasteiger partial charge in [-0.2, -0.15) is 11.3 Å². The van der Waals surface area contributed by atoms with Crippen LogP contribution < -0.4 is 5.32 Å². The molecule has 0 spiro atoms. The summed E-state index contributed by atoms with van der Waals surface area (Å²) in [4.78, 5) is 0. The number of hydrogen-bond donors (Lipinski definition) is 1. The fourth-order valence-corrected chi connectivity index (χ4v) is 4.10. The Kier molecular flexibility index (Phi) is 4.55. The zero-order chi connectivity index (χ0) is 14.1. The molecule has 0 amide bonds. The predicted molar refractivity (Wildman–Crippen MR) is 86.6 cm³/mol. The van der Waals surface area contributed by atoms with Crippen LogP contribution in [0.5, 0.6) is 0 Å². The van der Waals surface area contributed by atoms with E-state index in [-0.39, 0.29) is 0 Å². The van der Waals surface area contributed by atoms with Gasteiger partial charge in [-0.15, -0.1) is 0 Å². The fourth-order valence-electron chi connectivity index (χ4n) is 2.32. The molecule has 0 bridgehead atoms. The second-order valence-electron chi connectivity index (χ2n) is 7.15. The van der Waals surface area contributed by atoms with Gasteiger partial charge >= 0.3 is 0 Å². The van der Waals surface area contributed by atoms with E-state index >= 15 is 0 Å². The summed E-state index contributed by atoms with van der Waals surface area (Å²) < 4.78 is 6.41. The smallest absolute Gasteiger partial charge is 0.191 e. The van der Waals surface area contributed by atoms with Crippen molar-refractivity contribution in [3.8, 4) is 0 Å². The summed E-state index contributed by atoms with van der Waals surface area (Å²) in [5.74, 6) is 1.26. The summed E-state index contributed by atoms with van der Waals surface area (Å²) in [5.41, 5.74) is 1.49. The molecule has 1 saturated heterocycles. The molecule has 4 heteroatoms. The van der Waals surface area contributed by atoms with Gasteiger partial charge in [-0.1, -0.05) is 20.8 Å². The van der Waals surface area contributed by atoms with Crippen molar-refractivity contribution < 1.29 is 4.43 Å². The van der Waals surface area contributed by atoms with E-state index in [1.165, 1.54) is 5.56 Å². The average Bonchev–Trinajstić information content (AvgIpc) is 2.95. The number of nitrogens with one attached hydrogen (secondary N) is 1. The topological polar surface area (TPSA) is 21.3 Å². The molecule has 1 N–H and O–H groups in total. The molecule has 2 heterocycles. The van der Waals surface area contributed by atoms with Crippen LogP contribution in [0, 0.1) is 5.92 Å². The Morgan fingerprint density at radius 2 is 2.11 bits per heavy atom. The number of thiophene rings is 1. The maximum atomic E-state index is 6.41. The lowest BCUT2D eigenvalue weighted by atomic mass is 9.92. The van der Waals surface area contributed by atoms with Crippen molar-refractivity contribution in [1.82, 2.24) is 5.32 Å². The van der Waals surface area contributed by atoms with E-state index < -0.39 is 8.32 Å². The molecule has 0 aliphatic carbocycles. The van der Waals surface area contributed by atoms with Gasteiger partial charge < -0.3 is 9.74 Å². The summed E-state index contributed by atoms with van der Waals surface area (Å²) in [7, 11) is -1.61. The Labute approximate surface area is 122 Å². The maximum Gasteiger partial charge on any atom is 0.191 e. The van der Waals surface area contributed by atoms with E-state index in [2.05, 4.69) is 56.0 Å². The van der Waals surface area contributed by atoms with E-state index in [4.69, 9.17) is 4.43 Å². The molecule has 1 aliphatic heterocycles. The van der Waals surface area contributed by atoms with Gasteiger partial charge in [0.25, 0.3) is 0 Å². The first-order valence-electron chi connectivity index (χ1n) is 7.18. The highest BCUT2D eigenvalue weighted by atomic mass is 32.1. The molecule has 1 aromatic rings. The van der Waals surface area contributed by atoms with Crippen molar-refractivity contribution in [2.24, 2.45) is 5.92 Å². The SMILES string of the molecule is CC(C)(C)[Si](C)(C)OCC1CNCC1c1ccsc1. The van der Waals surface area contributed by atoms with Crippen LogP contribution in [-0.4, -0.2) is 28.0 Å². The lowest BCUT2D eigenvalue weighted by Crippen LogP contribution is -2.42. The summed E-state index contributed by atoms with van der Waals surface area (Å²) >= 11 is 1.80. The Morgan fingerprint density at radius 3 is 2.68 bits per heavy atom. The van der Waals surface area contributed by atoms with E-state index in [1.54, 1.807) is 11.3 Å². The Morgan fingerprint density at radius 1 is 1.37 bits per heavy atom. The second kappa shape index (κ2) is 5.68. The summed E-state index contributed by atoms with van der Waals surface area (Å²) in [6.45, 7) is 14.7. The summed E-state index contributed by atoms with van der Waals surface area (Å²) in [5, 5.41) is 8.30. The van der Waals surface area contributed by atoms with Crippen LogP contribution in [0.2, 0.25) is 18.1 Å². The Bertz CT molecular complexity index is 397. The zero-order valence-corrected chi connectivity index (χ0v) is 14.6. The second-order valence-corrected chi connectivity index (χ2v) is 12.7. The van der Waals surface area contributed by atoms with E-state index in [0.717, 1.165) is 19.7 Å². The zero-order valence-electron chi connectivity index (χ0n) is 12.8. The van der Waals surface area contributed by atoms with Crippen molar-refractivity contribution in [3.63, 3.8) is 0 Å².